The van der Waals surface area contributed by atoms with Gasteiger partial charge in [-0.25, -0.2) is 9.36 Å². The first-order valence-corrected chi connectivity index (χ1v) is 11.7. The fourth-order valence-corrected chi connectivity index (χ4v) is 5.21. The Kier molecular flexibility index (Phi) is 6.72. The summed E-state index contributed by atoms with van der Waals surface area (Å²) >= 11 is 6.01. The summed E-state index contributed by atoms with van der Waals surface area (Å²) in [5.41, 5.74) is -2.86. The number of ether oxygens (including phenoxy) is 1. The van der Waals surface area contributed by atoms with Gasteiger partial charge in [0, 0.05) is 23.7 Å². The van der Waals surface area contributed by atoms with Gasteiger partial charge in [0.15, 0.2) is 6.23 Å². The monoisotopic (exact) mass is 501 g/mol. The minimum absolute atomic E-state index is 0.0599. The quantitative estimate of drug-likeness (QED) is 0.389. The molecule has 0 radical (unpaired) electrons. The standard InChI is InChI=1S/C19H21ClN3O9P/c1-21-19(16(26)15(25)17(31-19)23-7-5-14(24)22-18(23)27)10-30-33(28)29-8-6-13(32-33)11-3-2-4-12(20)9-11/h2-5,7,9,13,15-17,25-26H,1,6,8,10H2,(H,22,24,27)/t13-,15+,16-,17+,19+,33?/m0/s1. The number of nitrogens with zero attached hydrogens (tertiary/aromatic N) is 2. The Morgan fingerprint density at radius 3 is 2.85 bits per heavy atom. The Bertz CT molecular complexity index is 1200. The first kappa shape index (κ1) is 24.0. The van der Waals surface area contributed by atoms with Gasteiger partial charge in [-0.1, -0.05) is 23.7 Å². The summed E-state index contributed by atoms with van der Waals surface area (Å²) in [7, 11) is -4.13. The molecular weight excluding hydrogens is 481 g/mol. The lowest BCUT2D eigenvalue weighted by Gasteiger charge is -2.32. The third-order valence-corrected chi connectivity index (χ3v) is 7.02. The van der Waals surface area contributed by atoms with E-state index >= 15 is 0 Å². The van der Waals surface area contributed by atoms with Crippen LogP contribution in [0.1, 0.15) is 24.3 Å². The molecule has 1 aromatic carbocycles. The molecule has 2 saturated heterocycles. The fraction of sp³-hybridized carbons (Fsp3) is 0.421. The number of phosphoric acid groups is 1. The van der Waals surface area contributed by atoms with Gasteiger partial charge in [-0.3, -0.25) is 32.9 Å². The third-order valence-electron chi connectivity index (χ3n) is 5.33. The molecule has 4 rings (SSSR count). The van der Waals surface area contributed by atoms with Crippen LogP contribution >= 0.6 is 19.4 Å². The fourth-order valence-electron chi connectivity index (χ4n) is 3.60. The minimum Gasteiger partial charge on any atom is -0.385 e. The molecule has 0 aliphatic carbocycles. The SMILES string of the molecule is C=N[C@]1(COP2(=O)OCC[C@@H](c3cccc(Cl)c3)O2)O[C@@H](n2ccc(=O)[nH]c2=O)[C@H](O)[C@@H]1O. The molecule has 0 saturated carbocycles. The van der Waals surface area contributed by atoms with Crippen LogP contribution in [0.4, 0.5) is 0 Å². The first-order valence-electron chi connectivity index (χ1n) is 9.83. The average Bonchev–Trinajstić information content (AvgIpc) is 3.03. The molecule has 2 aliphatic rings. The van der Waals surface area contributed by atoms with Crippen LogP contribution in [0.3, 0.4) is 0 Å². The zero-order valence-corrected chi connectivity index (χ0v) is 18.7. The van der Waals surface area contributed by atoms with Gasteiger partial charge in [0.05, 0.1) is 12.7 Å². The van der Waals surface area contributed by atoms with E-state index in [4.69, 9.17) is 29.9 Å². The predicted octanol–water partition coefficient (Wildman–Crippen LogP) is 1.14. The molecule has 3 heterocycles. The minimum atomic E-state index is -4.13. The van der Waals surface area contributed by atoms with Gasteiger partial charge in [-0.15, -0.1) is 0 Å². The van der Waals surface area contributed by atoms with Gasteiger partial charge in [0.1, 0.15) is 18.8 Å². The van der Waals surface area contributed by atoms with Crippen LogP contribution in [0, 0.1) is 0 Å². The summed E-state index contributed by atoms with van der Waals surface area (Å²) in [6.07, 6.45) is -3.95. The Morgan fingerprint density at radius 1 is 1.36 bits per heavy atom. The number of aliphatic imine (C=N–C) groups is 1. The number of hydrogen-bond donors (Lipinski definition) is 3. The van der Waals surface area contributed by atoms with Crippen molar-refractivity contribution in [1.82, 2.24) is 9.55 Å². The molecule has 3 N–H and O–H groups in total. The van der Waals surface area contributed by atoms with E-state index in [0.717, 1.165) is 16.8 Å². The summed E-state index contributed by atoms with van der Waals surface area (Å²) in [5.74, 6) is 0. The molecule has 0 amide bonds. The number of nitrogens with one attached hydrogen (secondary N) is 1. The number of aliphatic hydroxyl groups excluding tert-OH is 2. The Labute approximate surface area is 192 Å². The molecule has 178 valence electrons. The van der Waals surface area contributed by atoms with Gasteiger partial charge in [0.25, 0.3) is 5.56 Å². The van der Waals surface area contributed by atoms with E-state index in [1.165, 1.54) is 0 Å². The van der Waals surface area contributed by atoms with E-state index in [-0.39, 0.29) is 6.61 Å². The number of hydrogen-bond acceptors (Lipinski definition) is 10. The summed E-state index contributed by atoms with van der Waals surface area (Å²) in [4.78, 5) is 29.2. The van der Waals surface area contributed by atoms with Gasteiger partial charge in [-0.05, 0) is 24.4 Å². The molecule has 1 unspecified atom stereocenters. The highest BCUT2D eigenvalue weighted by Crippen LogP contribution is 2.58. The second-order valence-electron chi connectivity index (χ2n) is 7.46. The van der Waals surface area contributed by atoms with Crippen molar-refractivity contribution in [2.24, 2.45) is 4.99 Å². The van der Waals surface area contributed by atoms with Gasteiger partial charge >= 0.3 is 13.5 Å². The van der Waals surface area contributed by atoms with Crippen LogP contribution in [0.15, 0.2) is 51.1 Å². The topological polar surface area (TPSA) is 162 Å². The van der Waals surface area contributed by atoms with E-state index in [1.54, 1.807) is 24.3 Å². The summed E-state index contributed by atoms with van der Waals surface area (Å²) in [5, 5.41) is 21.6. The lowest BCUT2D eigenvalue weighted by Crippen LogP contribution is -2.45. The predicted molar refractivity (Wildman–Crippen MR) is 115 cm³/mol. The molecule has 14 heteroatoms. The van der Waals surface area contributed by atoms with Gasteiger partial charge in [0.2, 0.25) is 5.72 Å². The normalized spacial score (nSPS) is 34.3. The zero-order valence-electron chi connectivity index (χ0n) is 17.1. The first-order chi connectivity index (χ1) is 15.7. The average molecular weight is 502 g/mol. The van der Waals surface area contributed by atoms with Crippen molar-refractivity contribution < 1.29 is 33.1 Å². The lowest BCUT2D eigenvalue weighted by molar-refractivity contribution is -0.125. The number of rotatable bonds is 6. The molecule has 33 heavy (non-hydrogen) atoms. The maximum atomic E-state index is 13.1. The summed E-state index contributed by atoms with van der Waals surface area (Å²) in [6, 6.07) is 7.88. The van der Waals surface area contributed by atoms with Crippen molar-refractivity contribution in [2.75, 3.05) is 13.2 Å². The Balaban J connectivity index is 1.52. The number of aromatic amines is 1. The maximum absolute atomic E-state index is 13.1. The molecule has 6 atom stereocenters. The lowest BCUT2D eigenvalue weighted by atomic mass is 10.1. The zero-order chi connectivity index (χ0) is 23.8. The van der Waals surface area contributed by atoms with Crippen LogP contribution < -0.4 is 11.2 Å². The summed E-state index contributed by atoms with van der Waals surface area (Å²) in [6.45, 7) is 2.75. The molecule has 0 spiro atoms. The molecule has 2 aromatic rings. The van der Waals surface area contributed by atoms with Crippen LogP contribution in [0.25, 0.3) is 0 Å². The number of halogens is 1. The van der Waals surface area contributed by atoms with Gasteiger partial charge in [-0.2, -0.15) is 0 Å². The van der Waals surface area contributed by atoms with Crippen LogP contribution in [-0.4, -0.2) is 57.6 Å². The van der Waals surface area contributed by atoms with E-state index in [0.29, 0.717) is 17.0 Å². The number of aliphatic hydroxyl groups is 2. The number of aromatic nitrogens is 2. The number of benzene rings is 1. The largest absolute Gasteiger partial charge is 0.475 e. The second kappa shape index (κ2) is 9.24. The maximum Gasteiger partial charge on any atom is 0.475 e. The van der Waals surface area contributed by atoms with Crippen molar-refractivity contribution in [2.45, 2.75) is 36.7 Å². The molecule has 0 bridgehead atoms. The molecule has 2 aliphatic heterocycles. The highest BCUT2D eigenvalue weighted by atomic mass is 35.5. The second-order valence-corrected chi connectivity index (χ2v) is 9.51. The third kappa shape index (κ3) is 4.75. The van der Waals surface area contributed by atoms with Crippen molar-refractivity contribution in [3.8, 4) is 0 Å². The van der Waals surface area contributed by atoms with Crippen LogP contribution in [0.5, 0.6) is 0 Å². The van der Waals surface area contributed by atoms with E-state index in [1.807, 2.05) is 4.98 Å². The van der Waals surface area contributed by atoms with Crippen molar-refractivity contribution >= 4 is 26.1 Å². The van der Waals surface area contributed by atoms with Crippen molar-refractivity contribution in [3.05, 3.63) is 68.0 Å². The highest BCUT2D eigenvalue weighted by Gasteiger charge is 2.56. The Hall–Kier alpha value is -2.15. The van der Waals surface area contributed by atoms with Crippen molar-refractivity contribution in [3.63, 3.8) is 0 Å². The van der Waals surface area contributed by atoms with Crippen LogP contribution in [0.2, 0.25) is 5.02 Å². The smallest absolute Gasteiger partial charge is 0.385 e. The number of phosphoric ester groups is 1. The molecule has 1 aromatic heterocycles. The van der Waals surface area contributed by atoms with E-state index in [2.05, 4.69) is 11.7 Å². The van der Waals surface area contributed by atoms with E-state index < -0.39 is 55.9 Å². The molecule has 2 fully saturated rings. The van der Waals surface area contributed by atoms with Crippen molar-refractivity contribution in [1.29, 1.82) is 0 Å². The molecule has 12 nitrogen and oxygen atoms in total. The molecular formula is C19H21ClN3O9P. The highest BCUT2D eigenvalue weighted by molar-refractivity contribution is 7.48. The van der Waals surface area contributed by atoms with E-state index in [9.17, 15) is 24.4 Å². The number of H-pyrrole nitrogens is 1. The van der Waals surface area contributed by atoms with Crippen LogP contribution in [-0.2, 0) is 22.9 Å². The Morgan fingerprint density at radius 2 is 2.15 bits per heavy atom. The summed E-state index contributed by atoms with van der Waals surface area (Å²) < 4.78 is 35.8. The van der Waals surface area contributed by atoms with Gasteiger partial charge < -0.3 is 14.9 Å².